The monoisotopic (exact) mass is 640 g/mol. The van der Waals surface area contributed by atoms with Crippen molar-refractivity contribution in [2.45, 2.75) is 82.7 Å². The first-order chi connectivity index (χ1) is 16.9. The second-order valence-corrected chi connectivity index (χ2v) is 24.8. The quantitative estimate of drug-likeness (QED) is 0.188. The van der Waals surface area contributed by atoms with E-state index in [1.165, 1.54) is 12.1 Å². The molecule has 2 aromatic carbocycles. The zero-order chi connectivity index (χ0) is 28.0. The molecule has 37 heavy (non-hydrogen) atoms. The Kier molecular flexibility index (Phi) is 8.79. The Morgan fingerprint density at radius 3 is 2.24 bits per heavy atom. The summed E-state index contributed by atoms with van der Waals surface area (Å²) in [4.78, 5) is 13.6. The van der Waals surface area contributed by atoms with Gasteiger partial charge in [-0.1, -0.05) is 90.5 Å². The minimum absolute atomic E-state index is 0.0504. The second-order valence-electron chi connectivity index (χ2n) is 12.0. The van der Waals surface area contributed by atoms with Crippen molar-refractivity contribution in [3.63, 3.8) is 0 Å². The Labute approximate surface area is 237 Å². The number of carbonyl (C=O) groups excluding carboxylic acids is 1. The van der Waals surface area contributed by atoms with E-state index in [1.807, 2.05) is 25.2 Å². The molecule has 0 spiro atoms. The number of fused-ring (bicyclic) bond motifs is 1. The lowest BCUT2D eigenvalue weighted by Gasteiger charge is -2.38. The van der Waals surface area contributed by atoms with Gasteiger partial charge < -0.3 is 4.23 Å². The van der Waals surface area contributed by atoms with Crippen molar-refractivity contribution in [2.75, 3.05) is 0 Å². The Balaban J connectivity index is 2.05. The van der Waals surface area contributed by atoms with E-state index in [2.05, 4.69) is 71.5 Å². The zero-order valence-electron chi connectivity index (χ0n) is 23.0. The number of aromatic nitrogens is 1. The zero-order valence-corrected chi connectivity index (χ0v) is 28.2. The molecule has 1 heterocycles. The largest absolute Gasteiger partial charge is 0.373 e. The van der Waals surface area contributed by atoms with Crippen LogP contribution in [0.1, 0.15) is 56.5 Å². The summed E-state index contributed by atoms with van der Waals surface area (Å²) in [6.07, 6.45) is 4.09. The van der Waals surface area contributed by atoms with Gasteiger partial charge in [0.25, 0.3) is 0 Å². The molecule has 0 radical (unpaired) electrons. The Morgan fingerprint density at radius 1 is 1.05 bits per heavy atom. The average molecular weight is 642 g/mol. The van der Waals surface area contributed by atoms with Gasteiger partial charge in [-0.3, -0.25) is 4.79 Å². The molecule has 5 nitrogen and oxygen atoms in total. The SMILES string of the molecule is CCCC[Si](C)(C)NS(=O)(=O)c1cc(C(=O)c2ccc3c(Br)cn([Si](C)(C)C(C)(C)C)c3c2)ccc1Cl. The molecule has 1 aromatic heterocycles. The first-order valence-electron chi connectivity index (χ1n) is 12.6. The van der Waals surface area contributed by atoms with Crippen molar-refractivity contribution < 1.29 is 13.2 Å². The van der Waals surface area contributed by atoms with Crippen LogP contribution < -0.4 is 4.39 Å². The number of hydrogen-bond acceptors (Lipinski definition) is 3. The summed E-state index contributed by atoms with van der Waals surface area (Å²) in [5.74, 6) is -0.239. The van der Waals surface area contributed by atoms with E-state index in [0.717, 1.165) is 34.3 Å². The highest BCUT2D eigenvalue weighted by Gasteiger charge is 2.38. The van der Waals surface area contributed by atoms with E-state index in [-0.39, 0.29) is 20.7 Å². The van der Waals surface area contributed by atoms with Gasteiger partial charge in [-0.2, -0.15) is 0 Å². The van der Waals surface area contributed by atoms with Crippen molar-refractivity contribution >= 4 is 70.7 Å². The maximum Gasteiger partial charge on any atom is 0.236 e. The van der Waals surface area contributed by atoms with Gasteiger partial charge >= 0.3 is 0 Å². The summed E-state index contributed by atoms with van der Waals surface area (Å²) in [6, 6.07) is 11.0. The molecule has 0 amide bonds. The first kappa shape index (κ1) is 30.3. The lowest BCUT2D eigenvalue weighted by Crippen LogP contribution is -2.47. The molecule has 0 bridgehead atoms. The molecular formula is C27H38BrClN2O3SSi2. The second kappa shape index (κ2) is 10.7. The first-order valence-corrected chi connectivity index (χ1v) is 21.4. The predicted molar refractivity (Wildman–Crippen MR) is 165 cm³/mol. The highest BCUT2D eigenvalue weighted by molar-refractivity contribution is 9.10. The highest BCUT2D eigenvalue weighted by atomic mass is 79.9. The molecule has 10 heteroatoms. The number of nitrogens with one attached hydrogen (secondary N) is 1. The van der Waals surface area contributed by atoms with Gasteiger partial charge in [0.2, 0.25) is 10.0 Å². The summed E-state index contributed by atoms with van der Waals surface area (Å²) < 4.78 is 32.8. The number of ketones is 1. The van der Waals surface area contributed by atoms with E-state index in [1.54, 1.807) is 12.1 Å². The van der Waals surface area contributed by atoms with Crippen molar-refractivity contribution in [2.24, 2.45) is 0 Å². The maximum atomic E-state index is 13.6. The van der Waals surface area contributed by atoms with Gasteiger partial charge in [-0.05, 0) is 51.3 Å². The molecule has 0 saturated heterocycles. The van der Waals surface area contributed by atoms with Gasteiger partial charge in [0.1, 0.15) is 13.1 Å². The van der Waals surface area contributed by atoms with Gasteiger partial charge in [0, 0.05) is 32.7 Å². The number of rotatable bonds is 9. The van der Waals surface area contributed by atoms with Crippen LogP contribution >= 0.6 is 27.5 Å². The highest BCUT2D eigenvalue weighted by Crippen LogP contribution is 2.41. The van der Waals surface area contributed by atoms with Crippen LogP contribution in [0.3, 0.4) is 0 Å². The number of sulfonamides is 1. The molecule has 0 fully saturated rings. The molecule has 0 aliphatic heterocycles. The maximum absolute atomic E-state index is 13.6. The van der Waals surface area contributed by atoms with E-state index in [9.17, 15) is 13.2 Å². The number of hydrogen-bond donors (Lipinski definition) is 1. The van der Waals surface area contributed by atoms with Crippen molar-refractivity contribution in [3.05, 3.63) is 63.2 Å². The van der Waals surface area contributed by atoms with Crippen LogP contribution in [-0.4, -0.2) is 34.9 Å². The molecule has 3 aromatic rings. The molecule has 1 N–H and O–H groups in total. The van der Waals surface area contributed by atoms with E-state index in [0.29, 0.717) is 11.1 Å². The van der Waals surface area contributed by atoms with Crippen LogP contribution in [0.15, 0.2) is 52.0 Å². The topological polar surface area (TPSA) is 68.2 Å². The molecule has 0 unspecified atom stereocenters. The van der Waals surface area contributed by atoms with E-state index in [4.69, 9.17) is 11.6 Å². The molecule has 0 aliphatic carbocycles. The summed E-state index contributed by atoms with van der Waals surface area (Å²) in [7, 11) is -8.06. The van der Waals surface area contributed by atoms with Gasteiger partial charge in [-0.25, -0.2) is 12.8 Å². The van der Waals surface area contributed by atoms with Crippen LogP contribution in [-0.2, 0) is 10.0 Å². The summed E-state index contributed by atoms with van der Waals surface area (Å²) in [6.45, 7) is 17.5. The Hall–Kier alpha value is -1.24. The number of carbonyl (C=O) groups is 1. The van der Waals surface area contributed by atoms with Gasteiger partial charge in [-0.15, -0.1) is 0 Å². The predicted octanol–water partition coefficient (Wildman–Crippen LogP) is 8.43. The number of unbranched alkanes of at least 4 members (excludes halogenated alkanes) is 1. The third-order valence-electron chi connectivity index (χ3n) is 7.51. The minimum atomic E-state index is -3.87. The van der Waals surface area contributed by atoms with Crippen LogP contribution in [0.25, 0.3) is 10.9 Å². The molecule has 0 atom stereocenters. The molecule has 3 rings (SSSR count). The smallest absolute Gasteiger partial charge is 0.236 e. The number of nitrogens with zero attached hydrogens (tertiary/aromatic N) is 1. The Morgan fingerprint density at radius 2 is 1.65 bits per heavy atom. The number of halogens is 2. The summed E-state index contributed by atoms with van der Waals surface area (Å²) in [5, 5.41) is 1.25. The third kappa shape index (κ3) is 6.33. The van der Waals surface area contributed by atoms with Crippen LogP contribution in [0.5, 0.6) is 0 Å². The van der Waals surface area contributed by atoms with Crippen molar-refractivity contribution in [3.8, 4) is 0 Å². The van der Waals surface area contributed by atoms with Crippen LogP contribution in [0.4, 0.5) is 0 Å². The Bertz CT molecular complexity index is 1440. The van der Waals surface area contributed by atoms with Crippen LogP contribution in [0.2, 0.25) is 42.3 Å². The fourth-order valence-electron chi connectivity index (χ4n) is 4.26. The summed E-state index contributed by atoms with van der Waals surface area (Å²) >= 11 is 10.0. The number of benzene rings is 2. The van der Waals surface area contributed by atoms with Crippen LogP contribution in [0, 0.1) is 0 Å². The minimum Gasteiger partial charge on any atom is -0.373 e. The molecule has 202 valence electrons. The van der Waals surface area contributed by atoms with E-state index < -0.39 is 26.5 Å². The normalized spacial score (nSPS) is 13.4. The fraction of sp³-hybridized carbons (Fsp3) is 0.444. The fourth-order valence-corrected chi connectivity index (χ4v) is 13.0. The molecular weight excluding hydrogens is 604 g/mol. The summed E-state index contributed by atoms with van der Waals surface area (Å²) in [5.41, 5.74) is 1.80. The molecule has 0 aliphatic rings. The third-order valence-corrected chi connectivity index (χ3v) is 19.6. The standard InChI is InChI=1S/C27H38BrClN2O3SSi2/c1-9-10-15-36(5,6)30-35(33,34)25-17-20(12-14-23(25)29)26(32)19-11-13-21-22(28)18-31(24(21)16-19)37(7,8)27(2,3)4/h11-14,16-18,30H,9-10,15H2,1-8H3. The average Bonchev–Trinajstić information content (AvgIpc) is 3.12. The lowest BCUT2D eigenvalue weighted by atomic mass is 10.0. The van der Waals surface area contributed by atoms with E-state index >= 15 is 0 Å². The van der Waals surface area contributed by atoms with Gasteiger partial charge in [0.15, 0.2) is 14.0 Å². The molecule has 0 saturated carbocycles. The lowest BCUT2D eigenvalue weighted by molar-refractivity contribution is 0.103. The van der Waals surface area contributed by atoms with Crippen molar-refractivity contribution in [1.29, 1.82) is 0 Å². The van der Waals surface area contributed by atoms with Gasteiger partial charge in [0.05, 0.1) is 5.02 Å². The van der Waals surface area contributed by atoms with Crippen molar-refractivity contribution in [1.82, 2.24) is 8.62 Å².